The Morgan fingerprint density at radius 3 is 2.60 bits per heavy atom. The van der Waals surface area contributed by atoms with Crippen molar-refractivity contribution in [2.45, 2.75) is 33.0 Å². The Hall–Kier alpha value is -1.39. The molecule has 1 aliphatic rings. The van der Waals surface area contributed by atoms with Gasteiger partial charge in [0.2, 0.25) is 0 Å². The zero-order valence-electron chi connectivity index (χ0n) is 12.4. The van der Waals surface area contributed by atoms with Gasteiger partial charge in [0, 0.05) is 12.0 Å². The minimum Gasteiger partial charge on any atom is -0.454 e. The van der Waals surface area contributed by atoms with Gasteiger partial charge in [-0.2, -0.15) is 0 Å². The zero-order chi connectivity index (χ0) is 14.6. The number of carbonyl (C=O) groups is 1. The van der Waals surface area contributed by atoms with Crippen molar-refractivity contribution in [3.8, 4) is 0 Å². The van der Waals surface area contributed by atoms with Gasteiger partial charge in [0.25, 0.3) is 0 Å². The van der Waals surface area contributed by atoms with E-state index in [2.05, 4.69) is 26.1 Å². The number of esters is 1. The number of rotatable bonds is 4. The van der Waals surface area contributed by atoms with Gasteiger partial charge in [0.05, 0.1) is 19.8 Å². The van der Waals surface area contributed by atoms with Gasteiger partial charge in [0.15, 0.2) is 5.60 Å². The normalized spacial score (nSPS) is 23.4. The molecule has 0 spiro atoms. The van der Waals surface area contributed by atoms with Crippen molar-refractivity contribution in [1.82, 2.24) is 5.32 Å². The number of ether oxygens (including phenoxy) is 2. The molecule has 1 aromatic carbocycles. The Kier molecular flexibility index (Phi) is 4.45. The first-order valence-corrected chi connectivity index (χ1v) is 6.97. The van der Waals surface area contributed by atoms with Crippen LogP contribution in [0.3, 0.4) is 0 Å². The minimum atomic E-state index is -0.614. The van der Waals surface area contributed by atoms with E-state index in [0.29, 0.717) is 19.8 Å². The highest BCUT2D eigenvalue weighted by atomic mass is 16.6. The lowest BCUT2D eigenvalue weighted by Gasteiger charge is -2.46. The molecule has 1 N–H and O–H groups in total. The Bertz CT molecular complexity index is 453. The van der Waals surface area contributed by atoms with Crippen LogP contribution in [0.1, 0.15) is 26.3 Å². The number of nitrogens with one attached hydrogen (secondary N) is 1. The van der Waals surface area contributed by atoms with Crippen LogP contribution in [0, 0.1) is 5.41 Å². The van der Waals surface area contributed by atoms with Gasteiger partial charge in [-0.25, -0.2) is 0 Å². The highest BCUT2D eigenvalue weighted by molar-refractivity contribution is 5.73. The monoisotopic (exact) mass is 277 g/mol. The van der Waals surface area contributed by atoms with Crippen LogP contribution in [0.15, 0.2) is 30.3 Å². The first-order chi connectivity index (χ1) is 9.43. The molecule has 110 valence electrons. The second-order valence-corrected chi connectivity index (χ2v) is 6.30. The van der Waals surface area contributed by atoms with E-state index < -0.39 is 5.60 Å². The molecule has 0 unspecified atom stereocenters. The molecule has 1 saturated heterocycles. The van der Waals surface area contributed by atoms with Gasteiger partial charge in [-0.15, -0.1) is 0 Å². The van der Waals surface area contributed by atoms with Gasteiger partial charge >= 0.3 is 5.97 Å². The summed E-state index contributed by atoms with van der Waals surface area (Å²) in [5, 5.41) is 3.13. The van der Waals surface area contributed by atoms with Crippen LogP contribution in [0.5, 0.6) is 0 Å². The molecule has 1 heterocycles. The van der Waals surface area contributed by atoms with Crippen LogP contribution in [-0.4, -0.2) is 31.3 Å². The summed E-state index contributed by atoms with van der Waals surface area (Å²) in [4.78, 5) is 11.6. The van der Waals surface area contributed by atoms with E-state index in [1.165, 1.54) is 0 Å². The Balaban J connectivity index is 2.00. The molecule has 0 aliphatic carbocycles. The van der Waals surface area contributed by atoms with Crippen molar-refractivity contribution in [2.24, 2.45) is 5.41 Å². The third-order valence-corrected chi connectivity index (χ3v) is 3.80. The lowest BCUT2D eigenvalue weighted by atomic mass is 9.76. The van der Waals surface area contributed by atoms with Crippen LogP contribution < -0.4 is 5.32 Å². The summed E-state index contributed by atoms with van der Waals surface area (Å²) in [6.07, 6.45) is 0. The lowest BCUT2D eigenvalue weighted by Crippen LogP contribution is -2.61. The number of benzene rings is 1. The maximum Gasteiger partial charge on any atom is 0.320 e. The van der Waals surface area contributed by atoms with Crippen LogP contribution in [0.4, 0.5) is 0 Å². The third kappa shape index (κ3) is 3.38. The number of morpholine rings is 1. The second kappa shape index (κ2) is 5.94. The summed E-state index contributed by atoms with van der Waals surface area (Å²) in [7, 11) is 0. The highest BCUT2D eigenvalue weighted by Gasteiger charge is 2.47. The minimum absolute atomic E-state index is 0.188. The molecule has 4 heteroatoms. The first kappa shape index (κ1) is 15.0. The fraction of sp³-hybridized carbons (Fsp3) is 0.562. The Labute approximate surface area is 120 Å². The molecule has 1 atom stereocenters. The molecule has 20 heavy (non-hydrogen) atoms. The molecule has 0 amide bonds. The zero-order valence-corrected chi connectivity index (χ0v) is 12.4. The van der Waals surface area contributed by atoms with Crippen molar-refractivity contribution >= 4 is 5.97 Å². The van der Waals surface area contributed by atoms with Crippen molar-refractivity contribution in [3.05, 3.63) is 35.9 Å². The smallest absolute Gasteiger partial charge is 0.320 e. The fourth-order valence-corrected chi connectivity index (χ4v) is 2.28. The summed E-state index contributed by atoms with van der Waals surface area (Å²) < 4.78 is 11.5. The van der Waals surface area contributed by atoms with Gasteiger partial charge in [-0.1, -0.05) is 51.1 Å². The number of hydrogen-bond donors (Lipinski definition) is 1. The van der Waals surface area contributed by atoms with Crippen molar-refractivity contribution < 1.29 is 14.3 Å². The summed E-state index contributed by atoms with van der Waals surface area (Å²) in [6, 6.07) is 10.00. The molecule has 0 bridgehead atoms. The number of cyclic esters (lactones) is 1. The van der Waals surface area contributed by atoms with Crippen LogP contribution >= 0.6 is 0 Å². The average molecular weight is 277 g/mol. The molecule has 0 aromatic heterocycles. The molecule has 0 radical (unpaired) electrons. The predicted molar refractivity (Wildman–Crippen MR) is 77.2 cm³/mol. The van der Waals surface area contributed by atoms with Crippen LogP contribution in [0.2, 0.25) is 0 Å². The van der Waals surface area contributed by atoms with Gasteiger partial charge < -0.3 is 14.8 Å². The number of carbonyl (C=O) groups excluding carboxylic acids is 1. The molecular formula is C16H23NO3. The Morgan fingerprint density at radius 1 is 1.30 bits per heavy atom. The highest BCUT2D eigenvalue weighted by Crippen LogP contribution is 2.35. The van der Waals surface area contributed by atoms with E-state index in [0.717, 1.165) is 5.56 Å². The quantitative estimate of drug-likeness (QED) is 0.857. The van der Waals surface area contributed by atoms with Crippen molar-refractivity contribution in [2.75, 3.05) is 19.7 Å². The van der Waals surface area contributed by atoms with Crippen molar-refractivity contribution in [3.63, 3.8) is 0 Å². The molecular weight excluding hydrogens is 254 g/mol. The average Bonchev–Trinajstić information content (AvgIpc) is 2.39. The molecule has 1 aromatic rings. The third-order valence-electron chi connectivity index (χ3n) is 3.80. The summed E-state index contributed by atoms with van der Waals surface area (Å²) >= 11 is 0. The maximum absolute atomic E-state index is 11.6. The second-order valence-electron chi connectivity index (χ2n) is 6.30. The van der Waals surface area contributed by atoms with E-state index in [1.54, 1.807) is 0 Å². The van der Waals surface area contributed by atoms with Gasteiger partial charge in [-0.05, 0) is 5.56 Å². The van der Waals surface area contributed by atoms with E-state index in [4.69, 9.17) is 9.47 Å². The topological polar surface area (TPSA) is 47.6 Å². The van der Waals surface area contributed by atoms with E-state index in [9.17, 15) is 4.79 Å². The molecule has 1 fully saturated rings. The van der Waals surface area contributed by atoms with Gasteiger partial charge in [-0.3, -0.25) is 4.79 Å². The van der Waals surface area contributed by atoms with E-state index >= 15 is 0 Å². The summed E-state index contributed by atoms with van der Waals surface area (Å²) in [5.74, 6) is -0.213. The molecule has 0 saturated carbocycles. The standard InChI is InChI=1S/C16H23NO3/c1-15(2,3)16(11-17-9-14(18)20-16)12-19-10-13-7-5-4-6-8-13/h4-8,17H,9-12H2,1-3H3/t16-/m1/s1. The lowest BCUT2D eigenvalue weighted by molar-refractivity contribution is -0.192. The Morgan fingerprint density at radius 2 is 2.00 bits per heavy atom. The molecule has 1 aliphatic heterocycles. The summed E-state index contributed by atoms with van der Waals surface area (Å²) in [6.45, 7) is 8.02. The number of hydrogen-bond acceptors (Lipinski definition) is 4. The van der Waals surface area contributed by atoms with Crippen LogP contribution in [0.25, 0.3) is 0 Å². The molecule has 2 rings (SSSR count). The fourth-order valence-electron chi connectivity index (χ4n) is 2.28. The SMILES string of the molecule is CC(C)(C)[C@]1(COCc2ccccc2)CNCC(=O)O1. The first-order valence-electron chi connectivity index (χ1n) is 6.97. The summed E-state index contributed by atoms with van der Waals surface area (Å²) in [5.41, 5.74) is 0.316. The van der Waals surface area contributed by atoms with Crippen LogP contribution in [-0.2, 0) is 20.9 Å². The van der Waals surface area contributed by atoms with E-state index in [1.807, 2.05) is 30.3 Å². The van der Waals surface area contributed by atoms with E-state index in [-0.39, 0.29) is 17.9 Å². The largest absolute Gasteiger partial charge is 0.454 e. The maximum atomic E-state index is 11.6. The molecule has 4 nitrogen and oxygen atoms in total. The van der Waals surface area contributed by atoms with Crippen molar-refractivity contribution in [1.29, 1.82) is 0 Å². The predicted octanol–water partition coefficient (Wildman–Crippen LogP) is 2.13. The van der Waals surface area contributed by atoms with Gasteiger partial charge in [0.1, 0.15) is 0 Å².